The summed E-state index contributed by atoms with van der Waals surface area (Å²) in [4.78, 5) is 2.33. The summed E-state index contributed by atoms with van der Waals surface area (Å²) in [5.41, 5.74) is 2.26. The molecule has 1 aliphatic rings. The Morgan fingerprint density at radius 3 is 3.06 bits per heavy atom. The van der Waals surface area contributed by atoms with Gasteiger partial charge in [-0.25, -0.2) is 0 Å². The molecule has 0 radical (unpaired) electrons. The van der Waals surface area contributed by atoms with Gasteiger partial charge >= 0.3 is 0 Å². The summed E-state index contributed by atoms with van der Waals surface area (Å²) in [6.07, 6.45) is 2.71. The van der Waals surface area contributed by atoms with Crippen LogP contribution in [0.25, 0.3) is 10.9 Å². The first-order valence-electron chi connectivity index (χ1n) is 6.67. The number of likely N-dealkylation sites (N-methyl/N-ethyl adjacent to an activating group) is 1. The van der Waals surface area contributed by atoms with Gasteiger partial charge in [-0.2, -0.15) is 5.10 Å². The zero-order valence-electron chi connectivity index (χ0n) is 10.8. The minimum Gasteiger partial charge on any atom is -0.313 e. The normalized spacial score (nSPS) is 15.7. The molecule has 1 heterocycles. The van der Waals surface area contributed by atoms with E-state index in [0.717, 1.165) is 31.2 Å². The fourth-order valence-corrected chi connectivity index (χ4v) is 2.23. The van der Waals surface area contributed by atoms with E-state index in [0.29, 0.717) is 0 Å². The maximum atomic E-state index is 4.32. The molecule has 0 unspecified atom stereocenters. The van der Waals surface area contributed by atoms with Crippen molar-refractivity contribution < 1.29 is 0 Å². The lowest BCUT2D eigenvalue weighted by Crippen LogP contribution is -2.30. The second kappa shape index (κ2) is 5.08. The van der Waals surface area contributed by atoms with Gasteiger partial charge < -0.3 is 5.32 Å². The Kier molecular flexibility index (Phi) is 3.30. The molecule has 0 bridgehead atoms. The molecule has 0 aliphatic heterocycles. The first-order chi connectivity index (χ1) is 8.83. The third kappa shape index (κ3) is 2.71. The van der Waals surface area contributed by atoms with E-state index in [4.69, 9.17) is 0 Å². The molecule has 3 rings (SSSR count). The van der Waals surface area contributed by atoms with E-state index in [-0.39, 0.29) is 0 Å². The molecule has 2 aromatic rings. The van der Waals surface area contributed by atoms with Crippen molar-refractivity contribution in [3.63, 3.8) is 0 Å². The van der Waals surface area contributed by atoms with Crippen molar-refractivity contribution in [2.75, 3.05) is 20.1 Å². The molecule has 0 spiro atoms. The summed E-state index contributed by atoms with van der Waals surface area (Å²) in [6, 6.07) is 9.06. The summed E-state index contributed by atoms with van der Waals surface area (Å²) in [7, 11) is 2.16. The Hall–Kier alpha value is -1.39. The fraction of sp³-hybridized carbons (Fsp3) is 0.500. The number of aromatic nitrogens is 2. The number of fused-ring (bicyclic) bond motifs is 1. The smallest absolute Gasteiger partial charge is 0.0924 e. The Labute approximate surface area is 107 Å². The number of hydrogen-bond donors (Lipinski definition) is 2. The Balaban J connectivity index is 1.57. The maximum absolute atomic E-state index is 4.32. The van der Waals surface area contributed by atoms with Crippen molar-refractivity contribution >= 4 is 10.9 Å². The molecule has 0 atom stereocenters. The SMILES string of the molecule is CN(CCNC1CC1)Cc1[nH]nc2ccccc12. The summed E-state index contributed by atoms with van der Waals surface area (Å²) < 4.78 is 0. The number of aromatic amines is 1. The molecule has 2 N–H and O–H groups in total. The number of rotatable bonds is 6. The summed E-state index contributed by atoms with van der Waals surface area (Å²) in [5, 5.41) is 12.2. The quantitative estimate of drug-likeness (QED) is 0.813. The van der Waals surface area contributed by atoms with E-state index in [1.165, 1.54) is 23.9 Å². The van der Waals surface area contributed by atoms with Crippen LogP contribution in [0.3, 0.4) is 0 Å². The van der Waals surface area contributed by atoms with Crippen LogP contribution in [0.15, 0.2) is 24.3 Å². The van der Waals surface area contributed by atoms with Crippen LogP contribution in [0.2, 0.25) is 0 Å². The van der Waals surface area contributed by atoms with Gasteiger partial charge in [-0.15, -0.1) is 0 Å². The van der Waals surface area contributed by atoms with E-state index in [1.807, 2.05) is 12.1 Å². The van der Waals surface area contributed by atoms with Crippen molar-refractivity contribution in [1.82, 2.24) is 20.4 Å². The van der Waals surface area contributed by atoms with Crippen LogP contribution in [0.5, 0.6) is 0 Å². The van der Waals surface area contributed by atoms with Crippen molar-refractivity contribution in [2.24, 2.45) is 0 Å². The first-order valence-corrected chi connectivity index (χ1v) is 6.67. The van der Waals surface area contributed by atoms with E-state index < -0.39 is 0 Å². The number of nitrogens with zero attached hydrogens (tertiary/aromatic N) is 2. The maximum Gasteiger partial charge on any atom is 0.0924 e. The Bertz CT molecular complexity index is 515. The van der Waals surface area contributed by atoms with E-state index >= 15 is 0 Å². The predicted octanol–water partition coefficient (Wildman–Crippen LogP) is 1.75. The molecular weight excluding hydrogens is 224 g/mol. The molecule has 0 saturated heterocycles. The molecule has 1 aromatic heterocycles. The van der Waals surface area contributed by atoms with Gasteiger partial charge in [0, 0.05) is 31.1 Å². The largest absolute Gasteiger partial charge is 0.313 e. The molecule has 1 aromatic carbocycles. The molecule has 0 amide bonds. The minimum atomic E-state index is 0.798. The van der Waals surface area contributed by atoms with Gasteiger partial charge in [-0.3, -0.25) is 10.00 Å². The number of hydrogen-bond acceptors (Lipinski definition) is 3. The molecule has 18 heavy (non-hydrogen) atoms. The van der Waals surface area contributed by atoms with Crippen molar-refractivity contribution in [1.29, 1.82) is 0 Å². The highest BCUT2D eigenvalue weighted by Gasteiger charge is 2.19. The van der Waals surface area contributed by atoms with Gasteiger partial charge in [0.05, 0.1) is 11.2 Å². The van der Waals surface area contributed by atoms with Gasteiger partial charge in [0.1, 0.15) is 0 Å². The second-order valence-electron chi connectivity index (χ2n) is 5.19. The van der Waals surface area contributed by atoms with Gasteiger partial charge in [0.2, 0.25) is 0 Å². The van der Waals surface area contributed by atoms with Gasteiger partial charge in [-0.1, -0.05) is 18.2 Å². The van der Waals surface area contributed by atoms with Crippen LogP contribution in [0.1, 0.15) is 18.5 Å². The highest BCUT2D eigenvalue weighted by molar-refractivity contribution is 5.81. The average molecular weight is 244 g/mol. The topological polar surface area (TPSA) is 44.0 Å². The van der Waals surface area contributed by atoms with Crippen molar-refractivity contribution in [3.05, 3.63) is 30.0 Å². The Morgan fingerprint density at radius 2 is 2.22 bits per heavy atom. The molecule has 4 heteroatoms. The number of nitrogens with one attached hydrogen (secondary N) is 2. The van der Waals surface area contributed by atoms with Gasteiger partial charge in [0.25, 0.3) is 0 Å². The molecule has 96 valence electrons. The highest BCUT2D eigenvalue weighted by Crippen LogP contribution is 2.18. The molecule has 1 saturated carbocycles. The molecule has 1 aliphatic carbocycles. The highest BCUT2D eigenvalue weighted by atomic mass is 15.2. The van der Waals surface area contributed by atoms with Crippen molar-refractivity contribution in [2.45, 2.75) is 25.4 Å². The third-order valence-corrected chi connectivity index (χ3v) is 3.47. The second-order valence-corrected chi connectivity index (χ2v) is 5.19. The van der Waals surface area contributed by atoms with Gasteiger partial charge in [0.15, 0.2) is 0 Å². The monoisotopic (exact) mass is 244 g/mol. The van der Waals surface area contributed by atoms with E-state index in [2.05, 4.69) is 39.6 Å². The minimum absolute atomic E-state index is 0.798. The lowest BCUT2D eigenvalue weighted by molar-refractivity contribution is 0.321. The predicted molar refractivity (Wildman–Crippen MR) is 73.5 cm³/mol. The molecule has 1 fully saturated rings. The molecule has 4 nitrogen and oxygen atoms in total. The lowest BCUT2D eigenvalue weighted by Gasteiger charge is -2.16. The van der Waals surface area contributed by atoms with Crippen LogP contribution in [-0.2, 0) is 6.54 Å². The zero-order chi connectivity index (χ0) is 12.4. The summed E-state index contributed by atoms with van der Waals surface area (Å²) in [5.74, 6) is 0. The fourth-order valence-electron chi connectivity index (χ4n) is 2.23. The van der Waals surface area contributed by atoms with Crippen LogP contribution in [0.4, 0.5) is 0 Å². The van der Waals surface area contributed by atoms with E-state index in [1.54, 1.807) is 0 Å². The average Bonchev–Trinajstić information content (AvgIpc) is 3.11. The number of para-hydroxylation sites is 1. The van der Waals surface area contributed by atoms with Crippen LogP contribution < -0.4 is 5.32 Å². The van der Waals surface area contributed by atoms with E-state index in [9.17, 15) is 0 Å². The van der Waals surface area contributed by atoms with Crippen LogP contribution in [-0.4, -0.2) is 41.3 Å². The van der Waals surface area contributed by atoms with Crippen LogP contribution >= 0.6 is 0 Å². The van der Waals surface area contributed by atoms with Crippen molar-refractivity contribution in [3.8, 4) is 0 Å². The summed E-state index contributed by atoms with van der Waals surface area (Å²) >= 11 is 0. The molecular formula is C14H20N4. The zero-order valence-corrected chi connectivity index (χ0v) is 10.8. The number of benzene rings is 1. The standard InChI is InChI=1S/C14H20N4/c1-18(9-8-15-11-6-7-11)10-14-12-4-2-3-5-13(12)16-17-14/h2-5,11,15H,6-10H2,1H3,(H,16,17). The van der Waals surface area contributed by atoms with Crippen LogP contribution in [0, 0.1) is 0 Å². The Morgan fingerprint density at radius 1 is 1.39 bits per heavy atom. The lowest BCUT2D eigenvalue weighted by atomic mass is 10.2. The first kappa shape index (κ1) is 11.7. The van der Waals surface area contributed by atoms with Gasteiger partial charge in [-0.05, 0) is 26.0 Å². The summed E-state index contributed by atoms with van der Waals surface area (Å²) in [6.45, 7) is 3.07. The number of H-pyrrole nitrogens is 1. The third-order valence-electron chi connectivity index (χ3n) is 3.47.